The van der Waals surface area contributed by atoms with Gasteiger partial charge in [0.15, 0.2) is 0 Å². The topological polar surface area (TPSA) is 92.2 Å². The van der Waals surface area contributed by atoms with Gasteiger partial charge in [-0.1, -0.05) is 12.1 Å². The van der Waals surface area contributed by atoms with Gasteiger partial charge in [0.1, 0.15) is 0 Å². The summed E-state index contributed by atoms with van der Waals surface area (Å²) in [6, 6.07) is 16.6. The van der Waals surface area contributed by atoms with Crippen LogP contribution in [0.2, 0.25) is 0 Å². The molecule has 0 radical (unpaired) electrons. The number of nitrogens with zero attached hydrogens (tertiary/aromatic N) is 3. The number of sulfonamides is 1. The number of nitrogens with one attached hydrogen (secondary N) is 2. The Balaban J connectivity index is 1.19. The molecule has 31 heavy (non-hydrogen) atoms. The third-order valence-electron chi connectivity index (χ3n) is 5.75. The number of rotatable bonds is 8. The zero-order valence-corrected chi connectivity index (χ0v) is 18.2. The predicted octanol–water partition coefficient (Wildman–Crippen LogP) is 2.92. The van der Waals surface area contributed by atoms with Gasteiger partial charge in [-0.05, 0) is 55.8 Å². The van der Waals surface area contributed by atoms with Crippen LogP contribution in [-0.4, -0.2) is 57.6 Å². The van der Waals surface area contributed by atoms with Gasteiger partial charge in [-0.2, -0.15) is 5.26 Å². The summed E-state index contributed by atoms with van der Waals surface area (Å²) in [6.07, 6.45) is 3.70. The zero-order chi connectivity index (χ0) is 21.7. The quantitative estimate of drug-likeness (QED) is 0.529. The molecule has 0 amide bonds. The summed E-state index contributed by atoms with van der Waals surface area (Å²) in [6.45, 7) is 5.36. The van der Waals surface area contributed by atoms with Crippen molar-refractivity contribution in [3.05, 3.63) is 60.3 Å². The number of benzene rings is 2. The molecule has 2 aromatic carbocycles. The Kier molecular flexibility index (Phi) is 6.56. The van der Waals surface area contributed by atoms with Crippen molar-refractivity contribution in [2.75, 3.05) is 44.2 Å². The number of aromatic nitrogens is 1. The molecular formula is C23H27N5O2S. The molecule has 1 aromatic heterocycles. The summed E-state index contributed by atoms with van der Waals surface area (Å²) in [5.41, 5.74) is 2.80. The van der Waals surface area contributed by atoms with Crippen LogP contribution in [0.5, 0.6) is 0 Å². The lowest BCUT2D eigenvalue weighted by molar-refractivity contribution is 0.253. The number of aromatic amines is 1. The number of hydrogen-bond donors (Lipinski definition) is 2. The van der Waals surface area contributed by atoms with Crippen LogP contribution in [0.4, 0.5) is 5.69 Å². The number of anilines is 1. The molecule has 0 bridgehead atoms. The second-order valence-corrected chi connectivity index (χ2v) is 9.56. The third-order valence-corrected chi connectivity index (χ3v) is 7.21. The van der Waals surface area contributed by atoms with E-state index in [0.717, 1.165) is 45.6 Å². The standard InChI is InChI=1S/C23H27N5O2S/c24-18-19-5-3-6-20(17-19)31(29,30)26-10-1-2-12-27-13-15-28(16-14-27)23-8-4-7-22-21(23)9-11-25-22/h3-9,11,17,25-26H,1-2,10,12-16H2. The molecule has 1 aliphatic heterocycles. The molecule has 7 nitrogen and oxygen atoms in total. The van der Waals surface area contributed by atoms with Gasteiger partial charge in [-0.15, -0.1) is 0 Å². The molecule has 0 atom stereocenters. The van der Waals surface area contributed by atoms with Gasteiger partial charge in [0.2, 0.25) is 10.0 Å². The highest BCUT2D eigenvalue weighted by molar-refractivity contribution is 7.89. The number of H-pyrrole nitrogens is 1. The Labute approximate surface area is 183 Å². The van der Waals surface area contributed by atoms with Crippen LogP contribution in [0.3, 0.4) is 0 Å². The number of unbranched alkanes of at least 4 members (excludes halogenated alkanes) is 1. The van der Waals surface area contributed by atoms with Crippen LogP contribution in [0.15, 0.2) is 59.6 Å². The maximum atomic E-state index is 12.4. The van der Waals surface area contributed by atoms with Crippen LogP contribution >= 0.6 is 0 Å². The Morgan fingerprint density at radius 1 is 1.03 bits per heavy atom. The van der Waals surface area contributed by atoms with Crippen molar-refractivity contribution < 1.29 is 8.42 Å². The van der Waals surface area contributed by atoms with Crippen molar-refractivity contribution in [2.24, 2.45) is 0 Å². The first-order valence-corrected chi connectivity index (χ1v) is 12.1. The van der Waals surface area contributed by atoms with E-state index >= 15 is 0 Å². The number of hydrogen-bond acceptors (Lipinski definition) is 5. The first kappa shape index (κ1) is 21.4. The first-order valence-electron chi connectivity index (χ1n) is 10.6. The smallest absolute Gasteiger partial charge is 0.240 e. The normalized spacial score (nSPS) is 15.3. The molecule has 0 unspecified atom stereocenters. The molecule has 1 saturated heterocycles. The summed E-state index contributed by atoms with van der Waals surface area (Å²) in [5.74, 6) is 0. The second-order valence-electron chi connectivity index (χ2n) is 7.79. The fourth-order valence-electron chi connectivity index (χ4n) is 4.04. The zero-order valence-electron chi connectivity index (χ0n) is 17.4. The van der Waals surface area contributed by atoms with E-state index in [1.807, 2.05) is 12.3 Å². The fraction of sp³-hybridized carbons (Fsp3) is 0.348. The molecule has 2 heterocycles. The summed E-state index contributed by atoms with van der Waals surface area (Å²) < 4.78 is 27.4. The maximum absolute atomic E-state index is 12.4. The van der Waals surface area contributed by atoms with E-state index in [0.29, 0.717) is 12.1 Å². The molecule has 1 fully saturated rings. The highest BCUT2D eigenvalue weighted by atomic mass is 32.2. The number of nitriles is 1. The van der Waals surface area contributed by atoms with Gasteiger partial charge in [0, 0.05) is 55.5 Å². The maximum Gasteiger partial charge on any atom is 0.240 e. The van der Waals surface area contributed by atoms with Gasteiger partial charge < -0.3 is 9.88 Å². The van der Waals surface area contributed by atoms with Gasteiger partial charge in [0.25, 0.3) is 0 Å². The van der Waals surface area contributed by atoms with Crippen LogP contribution in [-0.2, 0) is 10.0 Å². The molecule has 0 aliphatic carbocycles. The summed E-state index contributed by atoms with van der Waals surface area (Å²) in [4.78, 5) is 8.30. The van der Waals surface area contributed by atoms with Crippen LogP contribution in [0, 0.1) is 11.3 Å². The van der Waals surface area contributed by atoms with Gasteiger partial charge in [0.05, 0.1) is 16.5 Å². The Morgan fingerprint density at radius 3 is 2.65 bits per heavy atom. The van der Waals surface area contributed by atoms with E-state index in [4.69, 9.17) is 5.26 Å². The minimum absolute atomic E-state index is 0.139. The Bertz CT molecular complexity index is 1170. The fourth-order valence-corrected chi connectivity index (χ4v) is 5.16. The number of piperazine rings is 1. The first-order chi connectivity index (χ1) is 15.1. The summed E-state index contributed by atoms with van der Waals surface area (Å²) >= 11 is 0. The van der Waals surface area contributed by atoms with Crippen LogP contribution < -0.4 is 9.62 Å². The van der Waals surface area contributed by atoms with E-state index in [2.05, 4.69) is 43.8 Å². The molecule has 3 aromatic rings. The molecular weight excluding hydrogens is 410 g/mol. The van der Waals surface area contributed by atoms with E-state index in [9.17, 15) is 8.42 Å². The monoisotopic (exact) mass is 437 g/mol. The summed E-state index contributed by atoms with van der Waals surface area (Å²) in [5, 5.41) is 10.2. The Morgan fingerprint density at radius 2 is 1.84 bits per heavy atom. The van der Waals surface area contributed by atoms with Crippen molar-refractivity contribution in [3.63, 3.8) is 0 Å². The third kappa shape index (κ3) is 5.07. The highest BCUT2D eigenvalue weighted by Gasteiger charge is 2.19. The average Bonchev–Trinajstić information content (AvgIpc) is 3.28. The average molecular weight is 438 g/mol. The molecule has 1 aliphatic rings. The van der Waals surface area contributed by atoms with E-state index in [1.165, 1.54) is 28.7 Å². The molecule has 8 heteroatoms. The Hall–Kier alpha value is -2.86. The predicted molar refractivity (Wildman–Crippen MR) is 123 cm³/mol. The van der Waals surface area contributed by atoms with Crippen LogP contribution in [0.1, 0.15) is 18.4 Å². The molecule has 0 spiro atoms. The van der Waals surface area contributed by atoms with Crippen molar-refractivity contribution in [1.82, 2.24) is 14.6 Å². The molecule has 4 rings (SSSR count). The molecule has 162 valence electrons. The lowest BCUT2D eigenvalue weighted by Crippen LogP contribution is -2.46. The van der Waals surface area contributed by atoms with Crippen LogP contribution in [0.25, 0.3) is 10.9 Å². The van der Waals surface area contributed by atoms with E-state index in [1.54, 1.807) is 12.1 Å². The lowest BCUT2D eigenvalue weighted by atomic mass is 10.1. The highest BCUT2D eigenvalue weighted by Crippen LogP contribution is 2.27. The van der Waals surface area contributed by atoms with Gasteiger partial charge in [-0.3, -0.25) is 4.90 Å². The van der Waals surface area contributed by atoms with Gasteiger partial charge >= 0.3 is 0 Å². The SMILES string of the molecule is N#Cc1cccc(S(=O)(=O)NCCCCN2CCN(c3cccc4[nH]ccc34)CC2)c1. The number of fused-ring (bicyclic) bond motifs is 1. The second kappa shape index (κ2) is 9.52. The van der Waals surface area contributed by atoms with Crippen molar-refractivity contribution in [1.29, 1.82) is 5.26 Å². The largest absolute Gasteiger partial charge is 0.368 e. The lowest BCUT2D eigenvalue weighted by Gasteiger charge is -2.36. The van der Waals surface area contributed by atoms with Crippen molar-refractivity contribution in [3.8, 4) is 6.07 Å². The van der Waals surface area contributed by atoms with Gasteiger partial charge in [-0.25, -0.2) is 13.1 Å². The minimum atomic E-state index is -3.57. The van der Waals surface area contributed by atoms with E-state index in [-0.39, 0.29) is 4.90 Å². The molecule has 0 saturated carbocycles. The molecule has 2 N–H and O–H groups in total. The van der Waals surface area contributed by atoms with Crippen molar-refractivity contribution in [2.45, 2.75) is 17.7 Å². The minimum Gasteiger partial charge on any atom is -0.368 e. The van der Waals surface area contributed by atoms with Crippen molar-refractivity contribution >= 4 is 26.6 Å². The van der Waals surface area contributed by atoms with E-state index < -0.39 is 10.0 Å². The summed E-state index contributed by atoms with van der Waals surface area (Å²) in [7, 11) is -3.57.